The number of methoxy groups -OCH3 is 1. The summed E-state index contributed by atoms with van der Waals surface area (Å²) >= 11 is 0. The van der Waals surface area contributed by atoms with Crippen molar-refractivity contribution >= 4 is 17.6 Å². The van der Waals surface area contributed by atoms with E-state index in [1.807, 2.05) is 0 Å². The fourth-order valence-electron chi connectivity index (χ4n) is 2.83. The van der Waals surface area contributed by atoms with E-state index in [1.165, 1.54) is 0 Å². The lowest BCUT2D eigenvalue weighted by atomic mass is 9.85. The first kappa shape index (κ1) is 19.9. The number of ether oxygens (including phenoxy) is 1. The summed E-state index contributed by atoms with van der Waals surface area (Å²) in [4.78, 5) is 25.0. The summed E-state index contributed by atoms with van der Waals surface area (Å²) in [6.07, 6.45) is 0. The van der Waals surface area contributed by atoms with Crippen LogP contribution in [0.1, 0.15) is 11.1 Å². The predicted molar refractivity (Wildman–Crippen MR) is 109 cm³/mol. The largest absolute Gasteiger partial charge is 0.497 e. The molecule has 0 radical (unpaired) electrons. The third-order valence-electron chi connectivity index (χ3n) is 4.35. The smallest absolute Gasteiger partial charge is 0.337 e. The van der Waals surface area contributed by atoms with Gasteiger partial charge < -0.3 is 15.2 Å². The van der Waals surface area contributed by atoms with E-state index in [9.17, 15) is 14.7 Å². The van der Waals surface area contributed by atoms with Gasteiger partial charge in [0.15, 0.2) is 5.60 Å². The molecule has 0 heterocycles. The van der Waals surface area contributed by atoms with Gasteiger partial charge in [-0.15, -0.1) is 0 Å². The van der Waals surface area contributed by atoms with Gasteiger partial charge in [0.2, 0.25) is 0 Å². The van der Waals surface area contributed by atoms with Crippen molar-refractivity contribution in [1.82, 2.24) is 10.9 Å². The highest BCUT2D eigenvalue weighted by molar-refractivity contribution is 5.94. The maximum absolute atomic E-state index is 12.9. The Morgan fingerprint density at radius 3 is 1.79 bits per heavy atom. The molecular formula is C22H21N3O4. The van der Waals surface area contributed by atoms with Crippen molar-refractivity contribution in [2.75, 3.05) is 12.4 Å². The van der Waals surface area contributed by atoms with E-state index in [0.717, 1.165) is 0 Å². The zero-order valence-electron chi connectivity index (χ0n) is 15.8. The van der Waals surface area contributed by atoms with Crippen molar-refractivity contribution in [2.45, 2.75) is 5.60 Å². The molecule has 0 atom stereocenters. The lowest BCUT2D eigenvalue weighted by Gasteiger charge is -2.28. The second-order valence-corrected chi connectivity index (χ2v) is 6.20. The van der Waals surface area contributed by atoms with Gasteiger partial charge >= 0.3 is 6.03 Å². The molecule has 0 unspecified atom stereocenters. The lowest BCUT2D eigenvalue weighted by Crippen LogP contribution is -2.53. The molecule has 0 saturated heterocycles. The molecule has 3 rings (SSSR count). The van der Waals surface area contributed by atoms with Gasteiger partial charge in [-0.05, 0) is 35.4 Å². The monoisotopic (exact) mass is 391 g/mol. The Balaban J connectivity index is 1.72. The number of hydrazine groups is 1. The Labute approximate surface area is 168 Å². The maximum atomic E-state index is 12.9. The van der Waals surface area contributed by atoms with Gasteiger partial charge in [0.25, 0.3) is 5.91 Å². The molecule has 3 aromatic rings. The quantitative estimate of drug-likeness (QED) is 0.503. The number of amides is 3. The van der Waals surface area contributed by atoms with E-state index in [-0.39, 0.29) is 0 Å². The second kappa shape index (κ2) is 8.90. The van der Waals surface area contributed by atoms with E-state index >= 15 is 0 Å². The Morgan fingerprint density at radius 2 is 1.31 bits per heavy atom. The molecule has 0 bridgehead atoms. The van der Waals surface area contributed by atoms with Gasteiger partial charge in [-0.2, -0.15) is 0 Å². The Bertz CT molecular complexity index is 921. The number of hydrogen-bond acceptors (Lipinski definition) is 4. The van der Waals surface area contributed by atoms with Crippen LogP contribution in [0.4, 0.5) is 10.5 Å². The van der Waals surface area contributed by atoms with E-state index in [4.69, 9.17) is 4.74 Å². The number of rotatable bonds is 5. The molecule has 3 aromatic carbocycles. The van der Waals surface area contributed by atoms with E-state index in [1.54, 1.807) is 92.0 Å². The average Bonchev–Trinajstić information content (AvgIpc) is 2.78. The zero-order chi connectivity index (χ0) is 20.7. The molecule has 0 aliphatic heterocycles. The van der Waals surface area contributed by atoms with Gasteiger partial charge in [0, 0.05) is 5.69 Å². The minimum Gasteiger partial charge on any atom is -0.497 e. The summed E-state index contributed by atoms with van der Waals surface area (Å²) in [6, 6.07) is 23.1. The van der Waals surface area contributed by atoms with E-state index < -0.39 is 17.5 Å². The summed E-state index contributed by atoms with van der Waals surface area (Å²) < 4.78 is 5.06. The maximum Gasteiger partial charge on any atom is 0.337 e. The highest BCUT2D eigenvalue weighted by Crippen LogP contribution is 2.29. The number of urea groups is 1. The number of carbonyl (C=O) groups excluding carboxylic acids is 2. The summed E-state index contributed by atoms with van der Waals surface area (Å²) in [5.41, 5.74) is 3.84. The molecule has 0 aliphatic carbocycles. The highest BCUT2D eigenvalue weighted by atomic mass is 16.5. The Kier molecular flexibility index (Phi) is 6.11. The standard InChI is InChI=1S/C22H21N3O4/c1-29-19-14-12-18(13-15-19)23-21(27)25-24-20(26)22(28,16-8-4-2-5-9-16)17-10-6-3-7-11-17/h2-15,28H,1H3,(H,24,26)(H2,23,25,27). The van der Waals surface area contributed by atoms with Crippen molar-refractivity contribution in [3.05, 3.63) is 96.1 Å². The molecule has 148 valence electrons. The van der Waals surface area contributed by atoms with Crippen LogP contribution in [-0.2, 0) is 10.4 Å². The molecule has 0 saturated carbocycles. The first-order chi connectivity index (χ1) is 14.0. The number of carbonyl (C=O) groups is 2. The SMILES string of the molecule is COc1ccc(NC(=O)NNC(=O)C(O)(c2ccccc2)c2ccccc2)cc1. The van der Waals surface area contributed by atoms with Gasteiger partial charge in [-0.3, -0.25) is 10.2 Å². The molecule has 7 heteroatoms. The summed E-state index contributed by atoms with van der Waals surface area (Å²) in [5, 5.41) is 13.9. The Morgan fingerprint density at radius 1 is 0.793 bits per heavy atom. The fourth-order valence-corrected chi connectivity index (χ4v) is 2.83. The van der Waals surface area contributed by atoms with Crippen LogP contribution in [-0.4, -0.2) is 24.2 Å². The molecule has 29 heavy (non-hydrogen) atoms. The lowest BCUT2D eigenvalue weighted by molar-refractivity contribution is -0.137. The van der Waals surface area contributed by atoms with Crippen LogP contribution in [0, 0.1) is 0 Å². The summed E-state index contributed by atoms with van der Waals surface area (Å²) in [5.74, 6) is -0.139. The van der Waals surface area contributed by atoms with Crippen molar-refractivity contribution in [3.8, 4) is 5.75 Å². The van der Waals surface area contributed by atoms with Crippen LogP contribution < -0.4 is 20.9 Å². The molecule has 4 N–H and O–H groups in total. The van der Waals surface area contributed by atoms with Gasteiger partial charge in [0.05, 0.1) is 7.11 Å². The topological polar surface area (TPSA) is 99.7 Å². The van der Waals surface area contributed by atoms with Crippen molar-refractivity contribution in [1.29, 1.82) is 0 Å². The van der Waals surface area contributed by atoms with Crippen molar-refractivity contribution < 1.29 is 19.4 Å². The summed E-state index contributed by atoms with van der Waals surface area (Å²) in [6.45, 7) is 0. The molecule has 0 fully saturated rings. The first-order valence-corrected chi connectivity index (χ1v) is 8.89. The third-order valence-corrected chi connectivity index (χ3v) is 4.35. The molecule has 0 aromatic heterocycles. The van der Waals surface area contributed by atoms with E-state index in [2.05, 4.69) is 16.2 Å². The van der Waals surface area contributed by atoms with Crippen LogP contribution in [0.3, 0.4) is 0 Å². The first-order valence-electron chi connectivity index (χ1n) is 8.89. The number of aliphatic hydroxyl groups is 1. The normalized spacial score (nSPS) is 10.7. The third kappa shape index (κ3) is 4.53. The Hall–Kier alpha value is -3.84. The predicted octanol–water partition coefficient (Wildman–Crippen LogP) is 2.78. The summed E-state index contributed by atoms with van der Waals surface area (Å²) in [7, 11) is 1.55. The van der Waals surface area contributed by atoms with Crippen LogP contribution >= 0.6 is 0 Å². The van der Waals surface area contributed by atoms with Crippen LogP contribution in [0.25, 0.3) is 0 Å². The number of hydrogen-bond donors (Lipinski definition) is 4. The van der Waals surface area contributed by atoms with Gasteiger partial charge in [-0.25, -0.2) is 10.2 Å². The average molecular weight is 391 g/mol. The van der Waals surface area contributed by atoms with Crippen molar-refractivity contribution in [3.63, 3.8) is 0 Å². The van der Waals surface area contributed by atoms with Crippen molar-refractivity contribution in [2.24, 2.45) is 0 Å². The van der Waals surface area contributed by atoms with Crippen LogP contribution in [0.5, 0.6) is 5.75 Å². The fraction of sp³-hybridized carbons (Fsp3) is 0.0909. The van der Waals surface area contributed by atoms with Gasteiger partial charge in [0.1, 0.15) is 5.75 Å². The number of benzene rings is 3. The zero-order valence-corrected chi connectivity index (χ0v) is 15.8. The second-order valence-electron chi connectivity index (χ2n) is 6.20. The molecule has 3 amide bonds. The van der Waals surface area contributed by atoms with E-state index in [0.29, 0.717) is 22.6 Å². The number of anilines is 1. The molecule has 0 spiro atoms. The molecule has 0 aliphatic rings. The molecule has 7 nitrogen and oxygen atoms in total. The van der Waals surface area contributed by atoms with Crippen LogP contribution in [0.2, 0.25) is 0 Å². The number of nitrogens with one attached hydrogen (secondary N) is 3. The minimum atomic E-state index is -1.98. The highest BCUT2D eigenvalue weighted by Gasteiger charge is 2.40. The molecular weight excluding hydrogens is 370 g/mol. The van der Waals surface area contributed by atoms with Crippen LogP contribution in [0.15, 0.2) is 84.9 Å². The van der Waals surface area contributed by atoms with Gasteiger partial charge in [-0.1, -0.05) is 60.7 Å². The minimum absolute atomic E-state index is 0.376.